The number of rotatable bonds is 2. The van der Waals surface area contributed by atoms with E-state index in [1.165, 1.54) is 0 Å². The van der Waals surface area contributed by atoms with Crippen LogP contribution in [0.2, 0.25) is 10.3 Å². The van der Waals surface area contributed by atoms with E-state index in [0.29, 0.717) is 28.3 Å². The molecule has 110 valence electrons. The predicted octanol–water partition coefficient (Wildman–Crippen LogP) is 5.11. The number of ether oxygens (including phenoxy) is 1. The first-order valence-corrected chi connectivity index (χ1v) is 8.26. The number of benzene rings is 1. The summed E-state index contributed by atoms with van der Waals surface area (Å²) in [5, 5.41) is 0.766. The Morgan fingerprint density at radius 3 is 2.57 bits per heavy atom. The van der Waals surface area contributed by atoms with Crippen molar-refractivity contribution in [1.29, 1.82) is 0 Å². The molecule has 1 saturated heterocycles. The van der Waals surface area contributed by atoms with Crippen LogP contribution in [-0.4, -0.2) is 23.2 Å². The molecule has 0 N–H and O–H groups in total. The van der Waals surface area contributed by atoms with Gasteiger partial charge in [-0.25, -0.2) is 9.97 Å². The monoisotopic (exact) mass is 386 g/mol. The van der Waals surface area contributed by atoms with Crippen LogP contribution in [0.5, 0.6) is 0 Å². The van der Waals surface area contributed by atoms with Crippen molar-refractivity contribution in [2.75, 3.05) is 13.2 Å². The second-order valence-corrected chi connectivity index (χ2v) is 6.59. The molecule has 1 unspecified atom stereocenters. The van der Waals surface area contributed by atoms with E-state index in [4.69, 9.17) is 27.9 Å². The van der Waals surface area contributed by atoms with Crippen LogP contribution in [0.4, 0.5) is 0 Å². The van der Waals surface area contributed by atoms with Gasteiger partial charge in [0.25, 0.3) is 0 Å². The van der Waals surface area contributed by atoms with Gasteiger partial charge in [-0.3, -0.25) is 0 Å². The summed E-state index contributed by atoms with van der Waals surface area (Å²) in [6.07, 6.45) is 2.01. The van der Waals surface area contributed by atoms with E-state index < -0.39 is 0 Å². The van der Waals surface area contributed by atoms with Crippen molar-refractivity contribution in [3.63, 3.8) is 0 Å². The predicted molar refractivity (Wildman–Crippen MR) is 88.0 cm³/mol. The molecule has 0 saturated carbocycles. The molecule has 1 aliphatic heterocycles. The summed E-state index contributed by atoms with van der Waals surface area (Å²) in [5.41, 5.74) is 1.56. The zero-order valence-corrected chi connectivity index (χ0v) is 14.2. The van der Waals surface area contributed by atoms with Crippen molar-refractivity contribution < 1.29 is 4.74 Å². The third-order valence-electron chi connectivity index (χ3n) is 3.48. The van der Waals surface area contributed by atoms with Crippen LogP contribution >= 0.6 is 39.1 Å². The minimum absolute atomic E-state index is 0.172. The van der Waals surface area contributed by atoms with Crippen molar-refractivity contribution in [3.05, 3.63) is 44.9 Å². The average Bonchev–Trinajstić information content (AvgIpc) is 2.47. The highest BCUT2D eigenvalue weighted by atomic mass is 79.9. The van der Waals surface area contributed by atoms with E-state index in [0.717, 1.165) is 29.5 Å². The Morgan fingerprint density at radius 2 is 1.95 bits per heavy atom. The summed E-state index contributed by atoms with van der Waals surface area (Å²) < 4.78 is 6.43. The lowest BCUT2D eigenvalue weighted by molar-refractivity contribution is 0.0780. The van der Waals surface area contributed by atoms with Crippen molar-refractivity contribution in [2.45, 2.75) is 18.8 Å². The molecular weight excluding hydrogens is 375 g/mol. The second-order valence-electron chi connectivity index (χ2n) is 4.96. The van der Waals surface area contributed by atoms with Crippen molar-refractivity contribution >= 4 is 39.1 Å². The van der Waals surface area contributed by atoms with Gasteiger partial charge in [-0.1, -0.05) is 51.3 Å². The highest BCUT2D eigenvalue weighted by Gasteiger charge is 2.22. The van der Waals surface area contributed by atoms with Crippen molar-refractivity contribution in [3.8, 4) is 11.1 Å². The maximum Gasteiger partial charge on any atom is 0.142 e. The summed E-state index contributed by atoms with van der Waals surface area (Å²) in [7, 11) is 0. The molecule has 2 heterocycles. The van der Waals surface area contributed by atoms with Crippen LogP contribution in [0.1, 0.15) is 24.6 Å². The van der Waals surface area contributed by atoms with E-state index in [1.807, 2.05) is 24.3 Å². The smallest absolute Gasteiger partial charge is 0.142 e. The molecule has 3 rings (SSSR count). The molecule has 1 atom stereocenters. The molecular formula is C15H13BrCl2N2O. The Morgan fingerprint density at radius 1 is 1.19 bits per heavy atom. The molecule has 0 aliphatic carbocycles. The first-order chi connectivity index (χ1) is 10.1. The molecule has 0 spiro atoms. The van der Waals surface area contributed by atoms with Gasteiger partial charge in [0.1, 0.15) is 16.1 Å². The molecule has 1 aromatic carbocycles. The normalized spacial score (nSPS) is 18.7. The summed E-state index contributed by atoms with van der Waals surface area (Å²) >= 11 is 16.1. The van der Waals surface area contributed by atoms with Crippen LogP contribution in [-0.2, 0) is 4.74 Å². The van der Waals surface area contributed by atoms with E-state index in [-0.39, 0.29) is 5.92 Å². The molecule has 0 bridgehead atoms. The summed E-state index contributed by atoms with van der Waals surface area (Å²) in [4.78, 5) is 8.88. The fourth-order valence-corrected chi connectivity index (χ4v) is 3.45. The van der Waals surface area contributed by atoms with Crippen LogP contribution in [0, 0.1) is 0 Å². The lowest BCUT2D eigenvalue weighted by Gasteiger charge is -2.21. The Hall–Kier alpha value is -0.680. The van der Waals surface area contributed by atoms with Gasteiger partial charge in [0.15, 0.2) is 0 Å². The molecule has 0 amide bonds. The lowest BCUT2D eigenvalue weighted by Crippen LogP contribution is -2.18. The van der Waals surface area contributed by atoms with Gasteiger partial charge >= 0.3 is 0 Å². The minimum Gasteiger partial charge on any atom is -0.381 e. The maximum absolute atomic E-state index is 6.35. The van der Waals surface area contributed by atoms with Crippen molar-refractivity contribution in [2.24, 2.45) is 0 Å². The zero-order chi connectivity index (χ0) is 14.8. The Kier molecular flexibility index (Phi) is 4.79. The minimum atomic E-state index is 0.172. The van der Waals surface area contributed by atoms with Crippen LogP contribution in [0.25, 0.3) is 11.1 Å². The SMILES string of the molecule is Clc1nc(C2CCCOC2)nc(Cl)c1-c1cccc(Br)c1. The number of halogens is 3. The summed E-state index contributed by atoms with van der Waals surface area (Å²) in [5.74, 6) is 0.841. The summed E-state index contributed by atoms with van der Waals surface area (Å²) in [6, 6.07) is 7.75. The zero-order valence-electron chi connectivity index (χ0n) is 11.2. The second kappa shape index (κ2) is 6.61. The Labute approximate surface area is 141 Å². The number of aromatic nitrogens is 2. The first kappa shape index (κ1) is 15.2. The van der Waals surface area contributed by atoms with Gasteiger partial charge in [0.05, 0.1) is 12.2 Å². The number of hydrogen-bond acceptors (Lipinski definition) is 3. The standard InChI is InChI=1S/C15H13BrCl2N2O/c16-11-5-1-3-9(7-11)12-13(17)19-15(20-14(12)18)10-4-2-6-21-8-10/h1,3,5,7,10H,2,4,6,8H2. The van der Waals surface area contributed by atoms with Gasteiger partial charge in [0, 0.05) is 17.0 Å². The van der Waals surface area contributed by atoms with Gasteiger partial charge < -0.3 is 4.74 Å². The molecule has 21 heavy (non-hydrogen) atoms. The summed E-state index contributed by atoms with van der Waals surface area (Å²) in [6.45, 7) is 1.43. The average molecular weight is 388 g/mol. The fraction of sp³-hybridized carbons (Fsp3) is 0.333. The fourth-order valence-electron chi connectivity index (χ4n) is 2.43. The lowest BCUT2D eigenvalue weighted by atomic mass is 10.0. The Balaban J connectivity index is 2.00. The third kappa shape index (κ3) is 3.39. The van der Waals surface area contributed by atoms with E-state index in [1.54, 1.807) is 0 Å². The van der Waals surface area contributed by atoms with Crippen LogP contribution in [0.15, 0.2) is 28.7 Å². The number of hydrogen-bond donors (Lipinski definition) is 0. The van der Waals surface area contributed by atoms with Crippen LogP contribution < -0.4 is 0 Å². The third-order valence-corrected chi connectivity index (χ3v) is 4.52. The molecule has 6 heteroatoms. The van der Waals surface area contributed by atoms with E-state index in [9.17, 15) is 0 Å². The van der Waals surface area contributed by atoms with Gasteiger partial charge in [-0.2, -0.15) is 0 Å². The molecule has 1 aromatic heterocycles. The molecule has 1 fully saturated rings. The topological polar surface area (TPSA) is 35.0 Å². The molecule has 1 aliphatic rings. The van der Waals surface area contributed by atoms with E-state index in [2.05, 4.69) is 25.9 Å². The van der Waals surface area contributed by atoms with E-state index >= 15 is 0 Å². The van der Waals surface area contributed by atoms with Gasteiger partial charge in [-0.05, 0) is 30.5 Å². The van der Waals surface area contributed by atoms with Crippen molar-refractivity contribution in [1.82, 2.24) is 9.97 Å². The Bertz CT molecular complexity index is 637. The molecule has 3 nitrogen and oxygen atoms in total. The largest absolute Gasteiger partial charge is 0.381 e. The van der Waals surface area contributed by atoms with Gasteiger partial charge in [0.2, 0.25) is 0 Å². The highest BCUT2D eigenvalue weighted by molar-refractivity contribution is 9.10. The maximum atomic E-state index is 6.35. The van der Waals surface area contributed by atoms with Crippen LogP contribution in [0.3, 0.4) is 0 Å². The quantitative estimate of drug-likeness (QED) is 0.671. The molecule has 0 radical (unpaired) electrons. The number of nitrogens with zero attached hydrogens (tertiary/aromatic N) is 2. The van der Waals surface area contributed by atoms with Gasteiger partial charge in [-0.15, -0.1) is 0 Å². The highest BCUT2D eigenvalue weighted by Crippen LogP contribution is 2.35. The molecule has 2 aromatic rings. The first-order valence-electron chi connectivity index (χ1n) is 6.72.